The Bertz CT molecular complexity index is 168. The summed E-state index contributed by atoms with van der Waals surface area (Å²) < 4.78 is 17.8. The van der Waals surface area contributed by atoms with Crippen molar-refractivity contribution >= 4 is 15.6 Å². The predicted octanol–water partition coefficient (Wildman–Crippen LogP) is -13.4. The van der Waals surface area contributed by atoms with Crippen molar-refractivity contribution in [3.05, 3.63) is 0 Å². The van der Waals surface area contributed by atoms with E-state index in [1.807, 2.05) is 0 Å². The second-order valence-corrected chi connectivity index (χ2v) is 3.40. The molecule has 0 bridgehead atoms. The van der Waals surface area contributed by atoms with Gasteiger partial charge in [0.2, 0.25) is 0 Å². The molecule has 0 spiro atoms. The van der Waals surface area contributed by atoms with Crippen LogP contribution in [0.1, 0.15) is 12.6 Å². The Morgan fingerprint density at radius 3 is 0.765 bits per heavy atom. The standard InChI is InChI=1S/C2H6O.4Na.2H3O4P.4H/c1-2-3;;;;;2*1-5(2,3)4;;;;/h3H,2H2,1H3;;;;;2*(H3,1,2,3,4);;;;/q;4*+1;;;4*-1. The molecule has 0 aliphatic carbocycles. The molecule has 0 radical (unpaired) electrons. The Morgan fingerprint density at radius 2 is 0.765 bits per heavy atom. The third kappa shape index (κ3) is 382. The predicted molar refractivity (Wildman–Crippen MR) is 45.7 cm³/mol. The normalized spacial score (nSPS) is 8.00. The van der Waals surface area contributed by atoms with Gasteiger partial charge in [-0.15, -0.1) is 0 Å². The van der Waals surface area contributed by atoms with Crippen molar-refractivity contribution in [1.82, 2.24) is 0 Å². The summed E-state index contributed by atoms with van der Waals surface area (Å²) in [5.41, 5.74) is 0. The second-order valence-electron chi connectivity index (χ2n) is 1.34. The van der Waals surface area contributed by atoms with Crippen LogP contribution in [0.5, 0.6) is 0 Å². The molecule has 92 valence electrons. The summed E-state index contributed by atoms with van der Waals surface area (Å²) >= 11 is 0. The van der Waals surface area contributed by atoms with E-state index < -0.39 is 15.6 Å². The van der Waals surface area contributed by atoms with E-state index in [2.05, 4.69) is 0 Å². The van der Waals surface area contributed by atoms with E-state index >= 15 is 0 Å². The summed E-state index contributed by atoms with van der Waals surface area (Å²) in [6.45, 7) is 1.93. The van der Waals surface area contributed by atoms with Gasteiger partial charge >= 0.3 is 134 Å². The van der Waals surface area contributed by atoms with Crippen LogP contribution in [-0.2, 0) is 9.13 Å². The Morgan fingerprint density at radius 1 is 0.765 bits per heavy atom. The van der Waals surface area contributed by atoms with Gasteiger partial charge < -0.3 is 40.2 Å². The van der Waals surface area contributed by atoms with E-state index in [1.54, 1.807) is 6.92 Å². The molecule has 0 rings (SSSR count). The van der Waals surface area contributed by atoms with Crippen molar-refractivity contribution in [3.8, 4) is 0 Å². The van der Waals surface area contributed by atoms with Crippen LogP contribution >= 0.6 is 15.6 Å². The zero-order valence-electron chi connectivity index (χ0n) is 14.5. The molecule has 0 aliphatic rings. The number of phosphoric acid groups is 2. The van der Waals surface area contributed by atoms with Crippen molar-refractivity contribution in [1.29, 1.82) is 0 Å². The Balaban J connectivity index is -0.00000000679. The van der Waals surface area contributed by atoms with E-state index in [4.69, 9.17) is 43.6 Å². The number of aliphatic hydroxyl groups is 1. The van der Waals surface area contributed by atoms with Crippen molar-refractivity contribution < 1.29 is 168 Å². The van der Waals surface area contributed by atoms with Gasteiger partial charge in [0.25, 0.3) is 0 Å². The van der Waals surface area contributed by atoms with Crippen LogP contribution < -0.4 is 118 Å². The van der Waals surface area contributed by atoms with Crippen molar-refractivity contribution in [3.63, 3.8) is 0 Å². The minimum atomic E-state index is -4.64. The monoisotopic (exact) mass is 338 g/mol. The largest absolute Gasteiger partial charge is 1.00 e. The number of aliphatic hydroxyl groups excluding tert-OH is 1. The molecule has 9 nitrogen and oxygen atoms in total. The smallest absolute Gasteiger partial charge is 1.00 e. The maximum absolute atomic E-state index is 8.88. The maximum atomic E-state index is 8.88. The molecular formula is C2H16Na4O9P2. The molecule has 0 aromatic heterocycles. The van der Waals surface area contributed by atoms with E-state index in [1.165, 1.54) is 0 Å². The van der Waals surface area contributed by atoms with E-state index in [0.29, 0.717) is 0 Å². The van der Waals surface area contributed by atoms with Crippen LogP contribution in [0.2, 0.25) is 0 Å². The summed E-state index contributed by atoms with van der Waals surface area (Å²) in [5, 5.41) is 7.57. The van der Waals surface area contributed by atoms with Crippen LogP contribution in [-0.4, -0.2) is 41.1 Å². The van der Waals surface area contributed by atoms with Gasteiger partial charge in [-0.3, -0.25) is 0 Å². The van der Waals surface area contributed by atoms with Gasteiger partial charge in [0.05, 0.1) is 0 Å². The zero-order valence-corrected chi connectivity index (χ0v) is 20.3. The van der Waals surface area contributed by atoms with Crippen molar-refractivity contribution in [2.45, 2.75) is 6.92 Å². The molecule has 0 aliphatic heterocycles. The molecule has 0 aromatic carbocycles. The SMILES string of the molecule is CCO.O=P(O)(O)O.O=P(O)(O)O.[H-].[H-].[H-].[H-].[Na+].[Na+].[Na+].[Na+]. The fourth-order valence-electron chi connectivity index (χ4n) is 0. The average molecular weight is 338 g/mol. The molecule has 0 atom stereocenters. The molecule has 0 unspecified atom stereocenters. The van der Waals surface area contributed by atoms with Crippen LogP contribution in [0.3, 0.4) is 0 Å². The number of rotatable bonds is 0. The number of hydrogen-bond acceptors (Lipinski definition) is 3. The molecule has 0 fully saturated rings. The molecule has 0 heterocycles. The summed E-state index contributed by atoms with van der Waals surface area (Å²) in [4.78, 5) is 43.1. The van der Waals surface area contributed by atoms with E-state index in [-0.39, 0.29) is 131 Å². The fraction of sp³-hybridized carbons (Fsp3) is 1.00. The third-order valence-corrected chi connectivity index (χ3v) is 0. The minimum absolute atomic E-state index is 0. The summed E-state index contributed by atoms with van der Waals surface area (Å²) in [7, 11) is -9.28. The Labute approximate surface area is 193 Å². The molecule has 0 saturated carbocycles. The first kappa shape index (κ1) is 42.9. The molecule has 0 saturated heterocycles. The molecular weight excluding hydrogens is 322 g/mol. The first-order valence-electron chi connectivity index (χ1n) is 2.59. The fourth-order valence-corrected chi connectivity index (χ4v) is 0. The Hall–Kier alpha value is 4.18. The van der Waals surface area contributed by atoms with E-state index in [0.717, 1.165) is 0 Å². The second kappa shape index (κ2) is 25.2. The topological polar surface area (TPSA) is 176 Å². The van der Waals surface area contributed by atoms with Crippen LogP contribution in [0.25, 0.3) is 0 Å². The van der Waals surface area contributed by atoms with Crippen LogP contribution in [0.4, 0.5) is 0 Å². The van der Waals surface area contributed by atoms with Gasteiger partial charge in [0.15, 0.2) is 0 Å². The van der Waals surface area contributed by atoms with Crippen molar-refractivity contribution in [2.75, 3.05) is 6.61 Å². The molecule has 0 aromatic rings. The summed E-state index contributed by atoms with van der Waals surface area (Å²) in [5.74, 6) is 0. The number of hydrogen-bond donors (Lipinski definition) is 7. The maximum Gasteiger partial charge on any atom is 1.00 e. The first-order chi connectivity index (χ1) is 5.41. The Kier molecular flexibility index (Phi) is 63.5. The third-order valence-electron chi connectivity index (χ3n) is 0. The van der Waals surface area contributed by atoms with E-state index in [9.17, 15) is 0 Å². The van der Waals surface area contributed by atoms with Gasteiger partial charge in [-0.2, -0.15) is 0 Å². The van der Waals surface area contributed by atoms with Gasteiger partial charge in [-0.05, 0) is 6.92 Å². The quantitative estimate of drug-likeness (QED) is 0.167. The van der Waals surface area contributed by atoms with Crippen molar-refractivity contribution in [2.24, 2.45) is 0 Å². The summed E-state index contributed by atoms with van der Waals surface area (Å²) in [6.07, 6.45) is 0. The molecule has 15 heteroatoms. The first-order valence-corrected chi connectivity index (χ1v) is 5.72. The van der Waals surface area contributed by atoms with Gasteiger partial charge in [0, 0.05) is 6.61 Å². The summed E-state index contributed by atoms with van der Waals surface area (Å²) in [6, 6.07) is 0. The average Bonchev–Trinajstić information content (AvgIpc) is 1.52. The van der Waals surface area contributed by atoms with Crippen LogP contribution in [0, 0.1) is 0 Å². The van der Waals surface area contributed by atoms with Gasteiger partial charge in [-0.25, -0.2) is 9.13 Å². The molecule has 17 heavy (non-hydrogen) atoms. The zero-order chi connectivity index (χ0) is 11.7. The van der Waals surface area contributed by atoms with Gasteiger partial charge in [-0.1, -0.05) is 0 Å². The minimum Gasteiger partial charge on any atom is -1.00 e. The molecule has 7 N–H and O–H groups in total. The van der Waals surface area contributed by atoms with Gasteiger partial charge in [0.1, 0.15) is 0 Å². The van der Waals surface area contributed by atoms with Crippen LogP contribution in [0.15, 0.2) is 0 Å². The molecule has 0 amide bonds.